The van der Waals surface area contributed by atoms with Gasteiger partial charge >= 0.3 is 0 Å². The number of aromatic nitrogens is 2. The maximum absolute atomic E-state index is 6.10. The number of rotatable bonds is 4. The number of nitrogens with zero attached hydrogens (tertiary/aromatic N) is 3. The first-order valence-electron chi connectivity index (χ1n) is 5.75. The molecular weight excluding hydrogens is 248 g/mol. The molecule has 0 amide bonds. The zero-order valence-corrected chi connectivity index (χ0v) is 10.9. The fraction of sp³-hybridized carbons (Fsp3) is 0.231. The van der Waals surface area contributed by atoms with E-state index in [9.17, 15) is 0 Å². The summed E-state index contributed by atoms with van der Waals surface area (Å²) >= 11 is 6.10. The summed E-state index contributed by atoms with van der Waals surface area (Å²) in [6.07, 6.45) is 3.11. The van der Waals surface area contributed by atoms with Gasteiger partial charge < -0.3 is 10.6 Å². The van der Waals surface area contributed by atoms with Crippen LogP contribution in [0.3, 0.4) is 0 Å². The molecule has 1 aromatic carbocycles. The van der Waals surface area contributed by atoms with Gasteiger partial charge in [-0.25, -0.2) is 9.97 Å². The van der Waals surface area contributed by atoms with Gasteiger partial charge in [0.2, 0.25) is 0 Å². The van der Waals surface area contributed by atoms with Gasteiger partial charge in [0, 0.05) is 18.8 Å². The molecular formula is C13H15ClN4. The first kappa shape index (κ1) is 12.6. The van der Waals surface area contributed by atoms with Crippen molar-refractivity contribution in [1.82, 2.24) is 9.97 Å². The number of anilines is 2. The van der Waals surface area contributed by atoms with Crippen molar-refractivity contribution in [3.8, 4) is 0 Å². The molecule has 1 aromatic heterocycles. The zero-order chi connectivity index (χ0) is 13.0. The van der Waals surface area contributed by atoms with Crippen molar-refractivity contribution >= 4 is 23.1 Å². The molecule has 0 radical (unpaired) electrons. The second-order valence-corrected chi connectivity index (χ2v) is 4.36. The van der Waals surface area contributed by atoms with E-state index in [4.69, 9.17) is 17.3 Å². The Bertz CT molecular complexity index is 513. The predicted octanol–water partition coefficient (Wildman–Crippen LogP) is 2.74. The molecule has 2 aromatic rings. The highest BCUT2D eigenvalue weighted by Gasteiger charge is 2.10. The molecule has 94 valence electrons. The van der Waals surface area contributed by atoms with Gasteiger partial charge in [-0.15, -0.1) is 0 Å². The minimum Gasteiger partial charge on any atom is -0.399 e. The van der Waals surface area contributed by atoms with E-state index in [2.05, 4.69) is 21.8 Å². The average Bonchev–Trinajstić information content (AvgIpc) is 2.39. The van der Waals surface area contributed by atoms with Crippen LogP contribution in [-0.4, -0.2) is 16.5 Å². The van der Waals surface area contributed by atoms with Crippen molar-refractivity contribution in [2.24, 2.45) is 0 Å². The highest BCUT2D eigenvalue weighted by Crippen LogP contribution is 2.23. The Labute approximate surface area is 111 Å². The van der Waals surface area contributed by atoms with Crippen LogP contribution in [0.2, 0.25) is 5.02 Å². The molecule has 1 heterocycles. The lowest BCUT2D eigenvalue weighted by Gasteiger charge is -2.22. The highest BCUT2D eigenvalue weighted by atomic mass is 35.5. The third-order valence-electron chi connectivity index (χ3n) is 2.68. The summed E-state index contributed by atoms with van der Waals surface area (Å²) in [7, 11) is 0. The summed E-state index contributed by atoms with van der Waals surface area (Å²) in [6, 6.07) is 7.80. The van der Waals surface area contributed by atoms with Crippen LogP contribution in [0, 0.1) is 0 Å². The van der Waals surface area contributed by atoms with E-state index in [1.807, 2.05) is 24.3 Å². The van der Waals surface area contributed by atoms with Crippen LogP contribution in [0.1, 0.15) is 12.5 Å². The molecule has 5 heteroatoms. The lowest BCUT2D eigenvalue weighted by atomic mass is 10.2. The van der Waals surface area contributed by atoms with Gasteiger partial charge in [-0.1, -0.05) is 23.7 Å². The molecule has 0 saturated heterocycles. The minimum atomic E-state index is 0.565. The molecule has 0 saturated carbocycles. The van der Waals surface area contributed by atoms with E-state index in [0.29, 0.717) is 5.02 Å². The Morgan fingerprint density at radius 3 is 2.61 bits per heavy atom. The van der Waals surface area contributed by atoms with Crippen LogP contribution in [0.5, 0.6) is 0 Å². The maximum Gasteiger partial charge on any atom is 0.151 e. The van der Waals surface area contributed by atoms with E-state index >= 15 is 0 Å². The van der Waals surface area contributed by atoms with E-state index < -0.39 is 0 Å². The Hall–Kier alpha value is -1.81. The summed E-state index contributed by atoms with van der Waals surface area (Å²) in [6.45, 7) is 3.63. The topological polar surface area (TPSA) is 55.0 Å². The van der Waals surface area contributed by atoms with Gasteiger partial charge in [0.25, 0.3) is 0 Å². The van der Waals surface area contributed by atoms with Crippen molar-refractivity contribution in [2.75, 3.05) is 17.2 Å². The second-order valence-electron chi connectivity index (χ2n) is 3.95. The van der Waals surface area contributed by atoms with E-state index in [-0.39, 0.29) is 0 Å². The van der Waals surface area contributed by atoms with Crippen molar-refractivity contribution in [3.05, 3.63) is 47.4 Å². The van der Waals surface area contributed by atoms with E-state index in [0.717, 1.165) is 24.6 Å². The number of halogens is 1. The fourth-order valence-corrected chi connectivity index (χ4v) is 1.94. The van der Waals surface area contributed by atoms with Crippen LogP contribution in [0.15, 0.2) is 36.8 Å². The minimum absolute atomic E-state index is 0.565. The molecule has 0 bridgehead atoms. The first-order chi connectivity index (χ1) is 8.70. The average molecular weight is 263 g/mol. The summed E-state index contributed by atoms with van der Waals surface area (Å²) in [5, 5.41) is 0.565. The molecule has 2 N–H and O–H groups in total. The van der Waals surface area contributed by atoms with E-state index in [1.54, 1.807) is 6.20 Å². The van der Waals surface area contributed by atoms with Crippen molar-refractivity contribution in [2.45, 2.75) is 13.5 Å². The largest absolute Gasteiger partial charge is 0.399 e. The zero-order valence-electron chi connectivity index (χ0n) is 10.2. The molecule has 0 atom stereocenters. The monoisotopic (exact) mass is 262 g/mol. The lowest BCUT2D eigenvalue weighted by molar-refractivity contribution is 0.810. The third kappa shape index (κ3) is 2.90. The van der Waals surface area contributed by atoms with Crippen molar-refractivity contribution < 1.29 is 0 Å². The lowest BCUT2D eigenvalue weighted by Crippen LogP contribution is -2.23. The first-order valence-corrected chi connectivity index (χ1v) is 6.13. The van der Waals surface area contributed by atoms with Crippen LogP contribution in [-0.2, 0) is 6.54 Å². The summed E-state index contributed by atoms with van der Waals surface area (Å²) < 4.78 is 0. The number of nitrogen functional groups attached to an aromatic ring is 1. The standard InChI is InChI=1S/C13H15ClN4/c1-2-18(13-12(14)7-16-9-17-13)8-10-3-5-11(15)6-4-10/h3-7,9H,2,8,15H2,1H3. The smallest absolute Gasteiger partial charge is 0.151 e. The Morgan fingerprint density at radius 1 is 1.28 bits per heavy atom. The van der Waals surface area contributed by atoms with Gasteiger partial charge in [0.1, 0.15) is 11.3 Å². The number of hydrogen-bond donors (Lipinski definition) is 1. The van der Waals surface area contributed by atoms with Crippen LogP contribution >= 0.6 is 11.6 Å². The van der Waals surface area contributed by atoms with E-state index in [1.165, 1.54) is 11.9 Å². The highest BCUT2D eigenvalue weighted by molar-refractivity contribution is 6.32. The van der Waals surface area contributed by atoms with Crippen molar-refractivity contribution in [1.29, 1.82) is 0 Å². The normalized spacial score (nSPS) is 10.3. The summed E-state index contributed by atoms with van der Waals surface area (Å²) in [4.78, 5) is 10.2. The Kier molecular flexibility index (Phi) is 3.99. The molecule has 18 heavy (non-hydrogen) atoms. The predicted molar refractivity (Wildman–Crippen MR) is 74.6 cm³/mol. The molecule has 2 rings (SSSR count). The Morgan fingerprint density at radius 2 is 2.00 bits per heavy atom. The molecule has 0 aliphatic heterocycles. The second kappa shape index (κ2) is 5.69. The SMILES string of the molecule is CCN(Cc1ccc(N)cc1)c1ncncc1Cl. The molecule has 0 fully saturated rings. The fourth-order valence-electron chi connectivity index (χ4n) is 1.72. The summed E-state index contributed by atoms with van der Waals surface area (Å²) in [5.41, 5.74) is 7.60. The number of benzene rings is 1. The van der Waals surface area contributed by atoms with Crippen LogP contribution < -0.4 is 10.6 Å². The third-order valence-corrected chi connectivity index (χ3v) is 2.95. The van der Waals surface area contributed by atoms with Crippen molar-refractivity contribution in [3.63, 3.8) is 0 Å². The summed E-state index contributed by atoms with van der Waals surface area (Å²) in [5.74, 6) is 0.756. The number of hydrogen-bond acceptors (Lipinski definition) is 4. The molecule has 0 spiro atoms. The van der Waals surface area contributed by atoms with Crippen LogP contribution in [0.25, 0.3) is 0 Å². The van der Waals surface area contributed by atoms with Gasteiger partial charge in [-0.2, -0.15) is 0 Å². The molecule has 0 unspecified atom stereocenters. The van der Waals surface area contributed by atoms with Gasteiger partial charge in [0.15, 0.2) is 5.82 Å². The molecule has 0 aliphatic carbocycles. The van der Waals surface area contributed by atoms with Gasteiger partial charge in [-0.05, 0) is 24.6 Å². The van der Waals surface area contributed by atoms with Gasteiger partial charge in [-0.3, -0.25) is 0 Å². The molecule has 4 nitrogen and oxygen atoms in total. The maximum atomic E-state index is 6.10. The van der Waals surface area contributed by atoms with Gasteiger partial charge in [0.05, 0.1) is 6.20 Å². The Balaban J connectivity index is 2.20. The quantitative estimate of drug-likeness (QED) is 0.861. The molecule has 0 aliphatic rings. The number of nitrogens with two attached hydrogens (primary N) is 1. The van der Waals surface area contributed by atoms with Crippen LogP contribution in [0.4, 0.5) is 11.5 Å².